The van der Waals surface area contributed by atoms with E-state index < -0.39 is 5.97 Å². The van der Waals surface area contributed by atoms with Gasteiger partial charge in [-0.3, -0.25) is 9.59 Å². The molecular formula is C24H24ClNO4. The van der Waals surface area contributed by atoms with Gasteiger partial charge in [-0.15, -0.1) is 0 Å². The van der Waals surface area contributed by atoms with Crippen LogP contribution in [0.5, 0.6) is 5.75 Å². The van der Waals surface area contributed by atoms with Gasteiger partial charge in [-0.05, 0) is 55.8 Å². The van der Waals surface area contributed by atoms with E-state index in [4.69, 9.17) is 21.4 Å². The fourth-order valence-electron chi connectivity index (χ4n) is 4.27. The van der Waals surface area contributed by atoms with E-state index >= 15 is 0 Å². The Morgan fingerprint density at radius 2 is 1.93 bits per heavy atom. The predicted molar refractivity (Wildman–Crippen MR) is 116 cm³/mol. The zero-order chi connectivity index (χ0) is 21.1. The molecule has 0 radical (unpaired) electrons. The Bertz CT molecular complexity index is 992. The summed E-state index contributed by atoms with van der Waals surface area (Å²) in [5, 5.41) is 9.49. The molecule has 0 amide bonds. The molecule has 2 aromatic carbocycles. The molecule has 1 N–H and O–H groups in total. The molecule has 1 saturated heterocycles. The summed E-state index contributed by atoms with van der Waals surface area (Å²) in [6, 6.07) is 13.1. The highest BCUT2D eigenvalue weighted by Crippen LogP contribution is 2.45. The molecule has 4 rings (SSSR count). The van der Waals surface area contributed by atoms with Crippen molar-refractivity contribution in [2.75, 3.05) is 26.2 Å². The Kier molecular flexibility index (Phi) is 5.93. The van der Waals surface area contributed by atoms with Crippen molar-refractivity contribution in [3.05, 3.63) is 70.3 Å². The van der Waals surface area contributed by atoms with Crippen LogP contribution in [-0.2, 0) is 10.2 Å². The number of ether oxygens (including phenoxy) is 1. The van der Waals surface area contributed by atoms with Crippen molar-refractivity contribution >= 4 is 29.4 Å². The standard InChI is InChI=1S/C24H24ClNO4/c25-20-4-2-1-3-17(20)6-8-21(27)18-5-7-19-22(15-18)30-16-24(19)10-13-26(14-11-24)12-9-23(28)29/h1-8,15H,9-14,16H2,(H,28,29). The van der Waals surface area contributed by atoms with Crippen molar-refractivity contribution in [2.45, 2.75) is 24.7 Å². The van der Waals surface area contributed by atoms with Crippen molar-refractivity contribution in [3.8, 4) is 5.75 Å². The molecule has 2 aliphatic rings. The highest BCUT2D eigenvalue weighted by molar-refractivity contribution is 6.32. The Balaban J connectivity index is 1.45. The lowest BCUT2D eigenvalue weighted by atomic mass is 9.74. The molecule has 30 heavy (non-hydrogen) atoms. The summed E-state index contributed by atoms with van der Waals surface area (Å²) in [7, 11) is 0. The lowest BCUT2D eigenvalue weighted by Gasteiger charge is -2.38. The molecule has 6 heteroatoms. The zero-order valence-electron chi connectivity index (χ0n) is 16.6. The van der Waals surface area contributed by atoms with Gasteiger partial charge >= 0.3 is 5.97 Å². The predicted octanol–water partition coefficient (Wildman–Crippen LogP) is 4.44. The molecule has 5 nitrogen and oxygen atoms in total. The monoisotopic (exact) mass is 425 g/mol. The molecule has 0 saturated carbocycles. The highest BCUT2D eigenvalue weighted by Gasteiger charge is 2.43. The van der Waals surface area contributed by atoms with Crippen LogP contribution in [0.4, 0.5) is 0 Å². The Hall–Kier alpha value is -2.63. The maximum atomic E-state index is 12.6. The van der Waals surface area contributed by atoms with Crippen LogP contribution in [0.2, 0.25) is 5.02 Å². The van der Waals surface area contributed by atoms with Crippen LogP contribution in [0, 0.1) is 0 Å². The van der Waals surface area contributed by atoms with Crippen LogP contribution in [0.15, 0.2) is 48.5 Å². The number of fused-ring (bicyclic) bond motifs is 2. The summed E-state index contributed by atoms with van der Waals surface area (Å²) in [5.41, 5.74) is 2.52. The number of aliphatic carboxylic acids is 1. The normalized spacial score (nSPS) is 17.8. The smallest absolute Gasteiger partial charge is 0.304 e. The van der Waals surface area contributed by atoms with Gasteiger partial charge in [-0.2, -0.15) is 0 Å². The average molecular weight is 426 g/mol. The molecule has 0 aliphatic carbocycles. The second kappa shape index (κ2) is 8.62. The first-order valence-corrected chi connectivity index (χ1v) is 10.5. The number of carboxylic acids is 1. The number of carboxylic acid groups (broad SMARTS) is 1. The SMILES string of the molecule is O=C(O)CCN1CCC2(CC1)COc1cc(C(=O)C=Cc3ccccc3Cl)ccc12. The highest BCUT2D eigenvalue weighted by atomic mass is 35.5. The Morgan fingerprint density at radius 3 is 2.67 bits per heavy atom. The van der Waals surface area contributed by atoms with Crippen molar-refractivity contribution < 1.29 is 19.4 Å². The lowest BCUT2D eigenvalue weighted by molar-refractivity contribution is -0.137. The number of benzene rings is 2. The summed E-state index contributed by atoms with van der Waals surface area (Å²) >= 11 is 6.14. The zero-order valence-corrected chi connectivity index (χ0v) is 17.4. The van der Waals surface area contributed by atoms with Crippen molar-refractivity contribution in [3.63, 3.8) is 0 Å². The number of likely N-dealkylation sites (tertiary alicyclic amines) is 1. The summed E-state index contributed by atoms with van der Waals surface area (Å²) in [5.74, 6) is -0.0673. The summed E-state index contributed by atoms with van der Waals surface area (Å²) < 4.78 is 5.99. The van der Waals surface area contributed by atoms with Gasteiger partial charge in [0, 0.05) is 28.1 Å². The Morgan fingerprint density at radius 1 is 1.17 bits per heavy atom. The number of allylic oxidation sites excluding steroid dienone is 1. The third-order valence-electron chi connectivity index (χ3n) is 6.12. The molecule has 2 heterocycles. The van der Waals surface area contributed by atoms with E-state index in [1.54, 1.807) is 12.1 Å². The minimum absolute atomic E-state index is 0.0377. The lowest BCUT2D eigenvalue weighted by Crippen LogP contribution is -2.44. The van der Waals surface area contributed by atoms with Crippen molar-refractivity contribution in [2.24, 2.45) is 0 Å². The van der Waals surface area contributed by atoms with E-state index in [0.29, 0.717) is 23.7 Å². The Labute approximate surface area is 180 Å². The maximum Gasteiger partial charge on any atom is 0.304 e. The van der Waals surface area contributed by atoms with Crippen LogP contribution in [0.3, 0.4) is 0 Å². The van der Waals surface area contributed by atoms with Crippen LogP contribution in [0.1, 0.15) is 40.7 Å². The summed E-state index contributed by atoms with van der Waals surface area (Å²) in [6.45, 7) is 2.92. The quantitative estimate of drug-likeness (QED) is 0.547. The number of hydrogen-bond donors (Lipinski definition) is 1. The van der Waals surface area contributed by atoms with E-state index in [1.165, 1.54) is 6.08 Å². The number of piperidine rings is 1. The van der Waals surface area contributed by atoms with Crippen LogP contribution in [0.25, 0.3) is 6.08 Å². The first-order chi connectivity index (χ1) is 14.5. The second-order valence-electron chi connectivity index (χ2n) is 7.98. The van der Waals surface area contributed by atoms with Crippen molar-refractivity contribution in [1.82, 2.24) is 4.90 Å². The van der Waals surface area contributed by atoms with E-state index in [0.717, 1.165) is 42.8 Å². The molecule has 156 valence electrons. The number of rotatable bonds is 6. The number of nitrogens with zero attached hydrogens (tertiary/aromatic N) is 1. The second-order valence-corrected chi connectivity index (χ2v) is 8.39. The van der Waals surface area contributed by atoms with Gasteiger partial charge in [0.2, 0.25) is 0 Å². The third-order valence-corrected chi connectivity index (χ3v) is 6.46. The van der Waals surface area contributed by atoms with E-state index in [-0.39, 0.29) is 17.6 Å². The average Bonchev–Trinajstić information content (AvgIpc) is 3.10. The van der Waals surface area contributed by atoms with Gasteiger partial charge in [0.05, 0.1) is 13.0 Å². The number of carbonyl (C=O) groups is 2. The molecule has 0 bridgehead atoms. The number of ketones is 1. The largest absolute Gasteiger partial charge is 0.492 e. The summed E-state index contributed by atoms with van der Waals surface area (Å²) in [6.07, 6.45) is 5.30. The van der Waals surface area contributed by atoms with E-state index in [9.17, 15) is 9.59 Å². The molecule has 1 spiro atoms. The van der Waals surface area contributed by atoms with E-state index in [1.807, 2.05) is 36.4 Å². The first-order valence-electron chi connectivity index (χ1n) is 10.2. The summed E-state index contributed by atoms with van der Waals surface area (Å²) in [4.78, 5) is 25.6. The topological polar surface area (TPSA) is 66.8 Å². The van der Waals surface area contributed by atoms with Crippen LogP contribution >= 0.6 is 11.6 Å². The third kappa shape index (κ3) is 4.27. The number of halogens is 1. The van der Waals surface area contributed by atoms with Gasteiger partial charge in [0.25, 0.3) is 0 Å². The molecule has 2 aromatic rings. The van der Waals surface area contributed by atoms with Gasteiger partial charge < -0.3 is 14.7 Å². The molecule has 2 aliphatic heterocycles. The van der Waals surface area contributed by atoms with Gasteiger partial charge in [0.1, 0.15) is 5.75 Å². The maximum absolute atomic E-state index is 12.6. The molecule has 0 aromatic heterocycles. The number of hydrogen-bond acceptors (Lipinski definition) is 4. The molecule has 0 unspecified atom stereocenters. The molecule has 1 fully saturated rings. The fraction of sp³-hybridized carbons (Fsp3) is 0.333. The fourth-order valence-corrected chi connectivity index (χ4v) is 4.47. The first kappa shape index (κ1) is 20.6. The van der Waals surface area contributed by atoms with Gasteiger partial charge in [-0.25, -0.2) is 0 Å². The minimum atomic E-state index is -0.759. The van der Waals surface area contributed by atoms with Crippen LogP contribution < -0.4 is 4.74 Å². The van der Waals surface area contributed by atoms with Crippen molar-refractivity contribution in [1.29, 1.82) is 0 Å². The van der Waals surface area contributed by atoms with Gasteiger partial charge in [0.15, 0.2) is 5.78 Å². The number of carbonyl (C=O) groups excluding carboxylic acids is 1. The van der Waals surface area contributed by atoms with Crippen LogP contribution in [-0.4, -0.2) is 48.0 Å². The van der Waals surface area contributed by atoms with E-state index in [2.05, 4.69) is 4.90 Å². The van der Waals surface area contributed by atoms with Gasteiger partial charge in [-0.1, -0.05) is 41.9 Å². The minimum Gasteiger partial charge on any atom is -0.492 e. The molecular weight excluding hydrogens is 402 g/mol. The molecule has 0 atom stereocenters.